The van der Waals surface area contributed by atoms with Gasteiger partial charge in [-0.05, 0) is 44.0 Å². The van der Waals surface area contributed by atoms with Crippen molar-refractivity contribution in [3.8, 4) is 5.75 Å². The summed E-state index contributed by atoms with van der Waals surface area (Å²) < 4.78 is 5.58. The minimum atomic E-state index is -0.295. The molecular weight excluding hydrogens is 352 g/mol. The number of carbonyl (C=O) groups excluding carboxylic acids is 1. The monoisotopic (exact) mass is 374 g/mol. The van der Waals surface area contributed by atoms with E-state index < -0.39 is 0 Å². The van der Waals surface area contributed by atoms with E-state index in [1.807, 2.05) is 43.3 Å². The summed E-state index contributed by atoms with van der Waals surface area (Å²) in [6.45, 7) is 4.58. The number of amides is 1. The van der Waals surface area contributed by atoms with E-state index in [1.165, 1.54) is 11.9 Å². The van der Waals surface area contributed by atoms with E-state index in [0.29, 0.717) is 23.7 Å². The van der Waals surface area contributed by atoms with Crippen molar-refractivity contribution in [2.24, 2.45) is 0 Å². The summed E-state index contributed by atoms with van der Waals surface area (Å²) in [6.07, 6.45) is 2.38. The molecule has 4 rings (SSSR count). The van der Waals surface area contributed by atoms with Crippen LogP contribution in [0.1, 0.15) is 29.9 Å². The van der Waals surface area contributed by atoms with Gasteiger partial charge in [0.15, 0.2) is 0 Å². The lowest BCUT2D eigenvalue weighted by molar-refractivity contribution is 0.102. The number of hydrogen-bond acceptors (Lipinski definition) is 5. The summed E-state index contributed by atoms with van der Waals surface area (Å²) in [5.41, 5.74) is 3.34. The zero-order valence-corrected chi connectivity index (χ0v) is 15.9. The Bertz CT molecular complexity index is 1010. The fourth-order valence-corrected chi connectivity index (χ4v) is 3.56. The molecule has 1 aliphatic rings. The molecule has 28 heavy (non-hydrogen) atoms. The molecule has 0 bridgehead atoms. The molecule has 3 aromatic rings. The second kappa shape index (κ2) is 7.68. The Labute approximate surface area is 164 Å². The predicted molar refractivity (Wildman–Crippen MR) is 109 cm³/mol. The Balaban J connectivity index is 1.60. The number of nitrogens with zero attached hydrogens (tertiary/aromatic N) is 3. The maximum absolute atomic E-state index is 12.8. The highest BCUT2D eigenvalue weighted by atomic mass is 16.5. The first kappa shape index (κ1) is 18.0. The van der Waals surface area contributed by atoms with Gasteiger partial charge in [0.25, 0.3) is 5.91 Å². The van der Waals surface area contributed by atoms with Crippen molar-refractivity contribution in [3.63, 3.8) is 0 Å². The number of aromatic nitrogens is 2. The van der Waals surface area contributed by atoms with Crippen LogP contribution in [0.4, 0.5) is 17.2 Å². The molecule has 1 N–H and O–H groups in total. The largest absolute Gasteiger partial charge is 0.492 e. The van der Waals surface area contributed by atoms with E-state index in [1.54, 1.807) is 6.07 Å². The molecule has 0 radical (unpaired) electrons. The van der Waals surface area contributed by atoms with Crippen LogP contribution in [0.5, 0.6) is 5.75 Å². The summed E-state index contributed by atoms with van der Waals surface area (Å²) in [5, 5.41) is 2.89. The van der Waals surface area contributed by atoms with Gasteiger partial charge in [-0.1, -0.05) is 30.3 Å². The fourth-order valence-electron chi connectivity index (χ4n) is 3.56. The number of anilines is 3. The van der Waals surface area contributed by atoms with Gasteiger partial charge in [-0.25, -0.2) is 9.97 Å². The topological polar surface area (TPSA) is 67.3 Å². The molecule has 1 aromatic heterocycles. The molecule has 6 heteroatoms. The molecule has 0 saturated carbocycles. The van der Waals surface area contributed by atoms with Gasteiger partial charge in [0, 0.05) is 17.8 Å². The van der Waals surface area contributed by atoms with E-state index >= 15 is 0 Å². The van der Waals surface area contributed by atoms with E-state index in [9.17, 15) is 4.79 Å². The smallest absolute Gasteiger partial charge is 0.274 e. The van der Waals surface area contributed by atoms with Crippen LogP contribution in [0.3, 0.4) is 0 Å². The molecule has 0 aliphatic carbocycles. The maximum Gasteiger partial charge on any atom is 0.274 e. The van der Waals surface area contributed by atoms with Crippen molar-refractivity contribution in [2.45, 2.75) is 26.3 Å². The Hall–Kier alpha value is -3.41. The van der Waals surface area contributed by atoms with Crippen LogP contribution in [0.2, 0.25) is 0 Å². The SMILES string of the molecule is CCOc1ccccc1NC(=O)c1cc(N2c3ccccc3CC2C)ncn1. The summed E-state index contributed by atoms with van der Waals surface area (Å²) in [4.78, 5) is 23.5. The fraction of sp³-hybridized carbons (Fsp3) is 0.227. The molecule has 142 valence electrons. The number of benzene rings is 2. The molecule has 2 heterocycles. The van der Waals surface area contributed by atoms with Crippen molar-refractivity contribution < 1.29 is 9.53 Å². The van der Waals surface area contributed by atoms with Crippen molar-refractivity contribution in [3.05, 3.63) is 72.2 Å². The number of fused-ring (bicyclic) bond motifs is 1. The normalized spacial score (nSPS) is 15.2. The quantitative estimate of drug-likeness (QED) is 0.725. The number of nitrogens with one attached hydrogen (secondary N) is 1. The lowest BCUT2D eigenvalue weighted by atomic mass is 10.1. The lowest BCUT2D eigenvalue weighted by Gasteiger charge is -2.23. The van der Waals surface area contributed by atoms with Gasteiger partial charge in [0.2, 0.25) is 0 Å². The minimum absolute atomic E-state index is 0.266. The third-order valence-electron chi connectivity index (χ3n) is 4.77. The molecule has 6 nitrogen and oxygen atoms in total. The molecule has 2 aromatic carbocycles. The molecule has 1 unspecified atom stereocenters. The molecule has 0 fully saturated rings. The zero-order valence-electron chi connectivity index (χ0n) is 15.9. The van der Waals surface area contributed by atoms with Gasteiger partial charge in [-0.15, -0.1) is 0 Å². The first-order valence-corrected chi connectivity index (χ1v) is 9.39. The predicted octanol–water partition coefficient (Wildman–Crippen LogP) is 4.21. The molecule has 1 atom stereocenters. The van der Waals surface area contributed by atoms with E-state index in [4.69, 9.17) is 4.74 Å². The Morgan fingerprint density at radius 2 is 1.96 bits per heavy atom. The Kier molecular flexibility index (Phi) is 4.93. The van der Waals surface area contributed by atoms with Gasteiger partial charge in [-0.3, -0.25) is 4.79 Å². The second-order valence-corrected chi connectivity index (χ2v) is 6.70. The number of carbonyl (C=O) groups is 1. The van der Waals surface area contributed by atoms with Gasteiger partial charge in [-0.2, -0.15) is 0 Å². The molecular formula is C22H22N4O2. The Morgan fingerprint density at radius 3 is 2.82 bits per heavy atom. The summed E-state index contributed by atoms with van der Waals surface area (Å²) in [6, 6.07) is 17.6. The van der Waals surface area contributed by atoms with E-state index in [-0.39, 0.29) is 11.9 Å². The lowest BCUT2D eigenvalue weighted by Crippen LogP contribution is -2.25. The highest BCUT2D eigenvalue weighted by molar-refractivity contribution is 6.04. The summed E-state index contributed by atoms with van der Waals surface area (Å²) >= 11 is 0. The second-order valence-electron chi connectivity index (χ2n) is 6.70. The van der Waals surface area contributed by atoms with Crippen molar-refractivity contribution in [2.75, 3.05) is 16.8 Å². The number of rotatable bonds is 5. The number of hydrogen-bond donors (Lipinski definition) is 1. The van der Waals surface area contributed by atoms with Crippen molar-refractivity contribution in [1.82, 2.24) is 9.97 Å². The summed E-state index contributed by atoms with van der Waals surface area (Å²) in [7, 11) is 0. The van der Waals surface area contributed by atoms with Crippen LogP contribution in [-0.2, 0) is 6.42 Å². The van der Waals surface area contributed by atoms with Crippen molar-refractivity contribution in [1.29, 1.82) is 0 Å². The van der Waals surface area contributed by atoms with Gasteiger partial charge < -0.3 is 15.0 Å². The number of para-hydroxylation sites is 3. The third kappa shape index (κ3) is 3.41. The third-order valence-corrected chi connectivity index (χ3v) is 4.77. The van der Waals surface area contributed by atoms with Crippen LogP contribution in [0, 0.1) is 0 Å². The van der Waals surface area contributed by atoms with Crippen LogP contribution >= 0.6 is 0 Å². The summed E-state index contributed by atoms with van der Waals surface area (Å²) in [5.74, 6) is 1.06. The van der Waals surface area contributed by atoms with E-state index in [0.717, 1.165) is 17.9 Å². The van der Waals surface area contributed by atoms with Gasteiger partial charge in [0.05, 0.1) is 12.3 Å². The van der Waals surface area contributed by atoms with Crippen LogP contribution in [-0.4, -0.2) is 28.5 Å². The standard InChI is InChI=1S/C22H22N4O2/c1-3-28-20-11-7-5-9-17(20)25-22(27)18-13-21(24-14-23-18)26-15(2)12-16-8-4-6-10-19(16)26/h4-11,13-15H,3,12H2,1-2H3,(H,25,27). The molecule has 0 spiro atoms. The van der Waals surface area contributed by atoms with Crippen LogP contribution in [0.15, 0.2) is 60.9 Å². The Morgan fingerprint density at radius 1 is 1.18 bits per heavy atom. The molecule has 1 amide bonds. The number of ether oxygens (including phenoxy) is 1. The molecule has 1 aliphatic heterocycles. The molecule has 0 saturated heterocycles. The van der Waals surface area contributed by atoms with Gasteiger partial charge >= 0.3 is 0 Å². The zero-order chi connectivity index (χ0) is 19.5. The van der Waals surface area contributed by atoms with E-state index in [2.05, 4.69) is 39.2 Å². The maximum atomic E-state index is 12.8. The van der Waals surface area contributed by atoms with Crippen molar-refractivity contribution >= 4 is 23.1 Å². The first-order valence-electron chi connectivity index (χ1n) is 9.39. The first-order chi connectivity index (χ1) is 13.7. The van der Waals surface area contributed by atoms with Crippen LogP contribution in [0.25, 0.3) is 0 Å². The average molecular weight is 374 g/mol. The van der Waals surface area contributed by atoms with Gasteiger partial charge in [0.1, 0.15) is 23.6 Å². The minimum Gasteiger partial charge on any atom is -0.492 e. The van der Waals surface area contributed by atoms with Crippen LogP contribution < -0.4 is 15.0 Å². The highest BCUT2D eigenvalue weighted by Gasteiger charge is 2.28. The average Bonchev–Trinajstić information content (AvgIpc) is 3.05. The highest BCUT2D eigenvalue weighted by Crippen LogP contribution is 2.37.